The second kappa shape index (κ2) is 16.7. The van der Waals surface area contributed by atoms with E-state index in [4.69, 9.17) is 5.11 Å². The summed E-state index contributed by atoms with van der Waals surface area (Å²) in [6.07, 6.45) is -2.45. The molecule has 12 nitrogen and oxygen atoms in total. The Morgan fingerprint density at radius 3 is 1.80 bits per heavy atom. The monoisotopic (exact) mass is 858 g/mol. The number of aliphatic carboxylic acids is 1. The number of aryl methyl sites for hydroxylation is 2. The number of nitrogens with zero attached hydrogens (tertiary/aromatic N) is 6. The third-order valence-electron chi connectivity index (χ3n) is 9.05. The van der Waals surface area contributed by atoms with Crippen LogP contribution < -0.4 is 9.80 Å². The molecule has 1 saturated carbocycles. The maximum absolute atomic E-state index is 14.2. The summed E-state index contributed by atoms with van der Waals surface area (Å²) in [6.45, 7) is 1.99. The minimum Gasteiger partial charge on any atom is -0.481 e. The Bertz CT molecular complexity index is 2010. The summed E-state index contributed by atoms with van der Waals surface area (Å²) >= 11 is 0. The zero-order chi connectivity index (χ0) is 40.6. The highest BCUT2D eigenvalue weighted by atomic mass is 35.5. The van der Waals surface area contributed by atoms with E-state index in [0.717, 1.165) is 15.8 Å². The quantitative estimate of drug-likeness (QED) is 0.179. The highest BCUT2D eigenvalue weighted by Crippen LogP contribution is 2.40. The number of anilines is 2. The van der Waals surface area contributed by atoms with E-state index in [1.807, 2.05) is 0 Å². The first-order chi connectivity index (χ1) is 24.7. The van der Waals surface area contributed by atoms with Gasteiger partial charge in [-0.25, -0.2) is 16.8 Å². The lowest BCUT2D eigenvalue weighted by Gasteiger charge is -2.35. The van der Waals surface area contributed by atoms with Crippen LogP contribution in [0.3, 0.4) is 0 Å². The molecule has 1 aliphatic rings. The van der Waals surface area contributed by atoms with Crippen LogP contribution >= 0.6 is 12.4 Å². The summed E-state index contributed by atoms with van der Waals surface area (Å²) in [5.41, 5.74) is -13.8. The number of halogens is 10. The lowest BCUT2D eigenvalue weighted by molar-refractivity contribution is -0.139. The molecule has 0 aliphatic heterocycles. The Balaban J connectivity index is 0.00000812. The lowest BCUT2D eigenvalue weighted by atomic mass is 9.80. The van der Waals surface area contributed by atoms with Crippen LogP contribution in [-0.4, -0.2) is 72.2 Å². The van der Waals surface area contributed by atoms with Gasteiger partial charge in [0.05, 0.1) is 22.4 Å². The fourth-order valence-electron chi connectivity index (χ4n) is 6.38. The summed E-state index contributed by atoms with van der Waals surface area (Å²) in [5, 5.41) is 20.7. The van der Waals surface area contributed by atoms with Crippen molar-refractivity contribution in [2.75, 3.05) is 22.9 Å². The topological polar surface area (TPSA) is 156 Å². The molecule has 55 heavy (non-hydrogen) atoms. The van der Waals surface area contributed by atoms with Crippen molar-refractivity contribution in [2.45, 2.75) is 86.0 Å². The van der Waals surface area contributed by atoms with Crippen LogP contribution in [0.25, 0.3) is 0 Å². The molecule has 0 atom stereocenters. The number of hydrogen-bond donors (Lipinski definition) is 1. The van der Waals surface area contributed by atoms with E-state index >= 15 is 0 Å². The molecule has 2 aromatic carbocycles. The average molecular weight is 859 g/mol. The Morgan fingerprint density at radius 2 is 1.36 bits per heavy atom. The van der Waals surface area contributed by atoms with E-state index in [0.29, 0.717) is 37.8 Å². The smallest absolute Gasteiger partial charge is 0.481 e. The van der Waals surface area contributed by atoms with Crippen molar-refractivity contribution in [3.8, 4) is 0 Å². The summed E-state index contributed by atoms with van der Waals surface area (Å²) in [7, 11) is -11.5. The Hall–Kier alpha value is -3.86. The number of benzene rings is 2. The second-order valence-corrected chi connectivity index (χ2v) is 16.8. The predicted octanol–water partition coefficient (Wildman–Crippen LogP) is 6.86. The number of carboxylic acids is 1. The van der Waals surface area contributed by atoms with E-state index in [2.05, 4.69) is 15.4 Å². The van der Waals surface area contributed by atoms with Gasteiger partial charge in [0.1, 0.15) is 0 Å². The first-order valence-corrected chi connectivity index (χ1v) is 19.1. The van der Waals surface area contributed by atoms with Gasteiger partial charge < -0.3 is 14.9 Å². The molecule has 3 aromatic rings. The molecule has 308 valence electrons. The van der Waals surface area contributed by atoms with E-state index < -0.39 is 76.8 Å². The van der Waals surface area contributed by atoms with E-state index in [-0.39, 0.29) is 72.6 Å². The van der Waals surface area contributed by atoms with Gasteiger partial charge in [-0.3, -0.25) is 4.79 Å². The van der Waals surface area contributed by atoms with Gasteiger partial charge in [-0.1, -0.05) is 11.2 Å². The third-order valence-corrected chi connectivity index (χ3v) is 12.0. The molecule has 0 spiro atoms. The van der Waals surface area contributed by atoms with Crippen LogP contribution in [0, 0.1) is 18.8 Å². The number of aromatic nitrogens is 4. The summed E-state index contributed by atoms with van der Waals surface area (Å²) in [5.74, 6) is -1.37. The van der Waals surface area contributed by atoms with Gasteiger partial charge >= 0.3 is 23.2 Å². The molecular formula is C31H36ClF9N6O6S2. The van der Waals surface area contributed by atoms with Crippen LogP contribution in [0.2, 0.25) is 0 Å². The van der Waals surface area contributed by atoms with E-state index in [1.54, 1.807) is 11.8 Å². The normalized spacial score (nSPS) is 17.1. The molecule has 1 heterocycles. The number of tetrazole rings is 1. The molecule has 1 N–H and O–H groups in total. The molecular weight excluding hydrogens is 823 g/mol. The summed E-state index contributed by atoms with van der Waals surface area (Å²) in [6, 6.07) is 2.51. The van der Waals surface area contributed by atoms with Crippen LogP contribution in [0.5, 0.6) is 0 Å². The Morgan fingerprint density at radius 1 is 0.836 bits per heavy atom. The number of carboxylic acid groups (broad SMARTS) is 1. The van der Waals surface area contributed by atoms with Crippen molar-refractivity contribution in [1.82, 2.24) is 20.2 Å². The van der Waals surface area contributed by atoms with E-state index in [9.17, 15) is 61.1 Å². The summed E-state index contributed by atoms with van der Waals surface area (Å²) < 4.78 is 173. The third kappa shape index (κ3) is 10.5. The lowest BCUT2D eigenvalue weighted by Crippen LogP contribution is -2.34. The number of alkyl halides is 9. The largest absolute Gasteiger partial charge is 0.501 e. The first kappa shape index (κ1) is 45.5. The van der Waals surface area contributed by atoms with Crippen molar-refractivity contribution < 1.29 is 66.3 Å². The second-order valence-electron chi connectivity index (χ2n) is 13.0. The Kier molecular flexibility index (Phi) is 13.8. The molecule has 0 amide bonds. The van der Waals surface area contributed by atoms with Crippen LogP contribution in [0.15, 0.2) is 40.1 Å². The molecule has 0 bridgehead atoms. The highest BCUT2D eigenvalue weighted by Gasteiger charge is 2.50. The molecule has 1 fully saturated rings. The summed E-state index contributed by atoms with van der Waals surface area (Å²) in [4.78, 5) is 11.2. The molecule has 1 aromatic heterocycles. The van der Waals surface area contributed by atoms with Crippen molar-refractivity contribution in [1.29, 1.82) is 0 Å². The highest BCUT2D eigenvalue weighted by molar-refractivity contribution is 7.93. The van der Waals surface area contributed by atoms with Crippen molar-refractivity contribution in [3.05, 3.63) is 52.6 Å². The van der Waals surface area contributed by atoms with Crippen LogP contribution in [0.4, 0.5) is 51.1 Å². The van der Waals surface area contributed by atoms with Gasteiger partial charge in [0.15, 0.2) is 0 Å². The molecule has 4 rings (SSSR count). The first-order valence-electron chi connectivity index (χ1n) is 16.2. The fourth-order valence-corrected chi connectivity index (χ4v) is 8.17. The minimum absolute atomic E-state index is 0. The average Bonchev–Trinajstić information content (AvgIpc) is 3.48. The van der Waals surface area contributed by atoms with Gasteiger partial charge in [0.2, 0.25) is 0 Å². The fraction of sp³-hybridized carbons (Fsp3) is 0.548. The van der Waals surface area contributed by atoms with Crippen molar-refractivity contribution >= 4 is 49.7 Å². The minimum atomic E-state index is -6.39. The number of carbonyl (C=O) groups is 1. The van der Waals surface area contributed by atoms with Crippen LogP contribution in [-0.2, 0) is 50.8 Å². The standard InChI is InChI=1S/C31H35F9N6O6S2.ClH/c1-4-45(15-20-7-5-19(6-8-20)12-27(47)48)26-14-25(29(32,33)34)18(2)9-22(26)17-46(28-41-43-44(3)42-28)16-21-10-23(53(49,50)30(35,36)37)13-24(11-21)54(51,52)31(38,39)40;/h9-11,13-14,19-20H,4-8,12,15-17H2,1-3H3,(H,47,48);1H. The van der Waals surface area contributed by atoms with Crippen LogP contribution in [0.1, 0.15) is 61.3 Å². The number of hydrogen-bond acceptors (Lipinski definition) is 10. The van der Waals surface area contributed by atoms with Crippen molar-refractivity contribution in [2.24, 2.45) is 18.9 Å². The zero-order valence-corrected chi connectivity index (χ0v) is 31.7. The molecule has 0 unspecified atom stereocenters. The van der Waals surface area contributed by atoms with Gasteiger partial charge in [0.25, 0.3) is 25.6 Å². The maximum Gasteiger partial charge on any atom is 0.501 e. The zero-order valence-electron chi connectivity index (χ0n) is 29.2. The number of sulfone groups is 2. The van der Waals surface area contributed by atoms with Gasteiger partial charge in [-0.15, -0.1) is 17.5 Å². The molecule has 24 heteroatoms. The SMILES string of the molecule is CCN(CC1CCC(CC(=O)O)CC1)c1cc(C(F)(F)F)c(C)cc1CN(Cc1cc(S(=O)(=O)C(F)(F)F)cc(S(=O)(=O)C(F)(F)F)c1)c1nnn(C)n1.Cl. The maximum atomic E-state index is 14.2. The van der Waals surface area contributed by atoms with Gasteiger partial charge in [-0.2, -0.15) is 44.3 Å². The van der Waals surface area contributed by atoms with Gasteiger partial charge in [0, 0.05) is 38.3 Å². The molecule has 0 radical (unpaired) electrons. The molecule has 1 aliphatic carbocycles. The van der Waals surface area contributed by atoms with Crippen molar-refractivity contribution in [3.63, 3.8) is 0 Å². The van der Waals surface area contributed by atoms with E-state index in [1.165, 1.54) is 20.0 Å². The van der Waals surface area contributed by atoms with Gasteiger partial charge in [-0.05, 0) is 97.5 Å². The predicted molar refractivity (Wildman–Crippen MR) is 181 cm³/mol. The molecule has 0 saturated heterocycles. The Labute approximate surface area is 315 Å². The number of rotatable bonds is 13.